The molecule has 1 aromatic carbocycles. The second-order valence-electron chi connectivity index (χ2n) is 8.95. The quantitative estimate of drug-likeness (QED) is 0.344. The number of nitrogens with one attached hydrogen (secondary N) is 1. The SMILES string of the molecule is CN=C(NCC1(c2cccc(OC)c2)CCCC1)N1CCC(Cc2cnn(C)c2)C1.I. The summed E-state index contributed by atoms with van der Waals surface area (Å²) in [6.07, 6.45) is 11.4. The summed E-state index contributed by atoms with van der Waals surface area (Å²) in [5.74, 6) is 2.64. The van der Waals surface area contributed by atoms with Crippen molar-refractivity contribution in [3.05, 3.63) is 47.8 Å². The number of likely N-dealkylation sites (tertiary alicyclic amines) is 1. The summed E-state index contributed by atoms with van der Waals surface area (Å²) in [6.45, 7) is 3.05. The van der Waals surface area contributed by atoms with Crippen molar-refractivity contribution in [1.29, 1.82) is 0 Å². The van der Waals surface area contributed by atoms with Gasteiger partial charge in [-0.2, -0.15) is 5.10 Å². The lowest BCUT2D eigenvalue weighted by molar-refractivity contribution is 0.396. The monoisotopic (exact) mass is 537 g/mol. The summed E-state index contributed by atoms with van der Waals surface area (Å²) in [5, 5.41) is 8.05. The fraction of sp³-hybridized carbons (Fsp3) is 0.583. The molecular formula is C24H36IN5O. The lowest BCUT2D eigenvalue weighted by Gasteiger charge is -2.32. The van der Waals surface area contributed by atoms with E-state index in [1.165, 1.54) is 43.2 Å². The molecule has 2 aliphatic rings. The molecule has 0 amide bonds. The molecule has 2 aromatic rings. The molecular weight excluding hydrogens is 501 g/mol. The molecule has 1 N–H and O–H groups in total. The van der Waals surface area contributed by atoms with Gasteiger partial charge in [0.25, 0.3) is 0 Å². The fourth-order valence-corrected chi connectivity index (χ4v) is 5.26. The predicted molar refractivity (Wildman–Crippen MR) is 137 cm³/mol. The normalized spacial score (nSPS) is 20.5. The van der Waals surface area contributed by atoms with Gasteiger partial charge in [0.2, 0.25) is 0 Å². The Balaban J connectivity index is 0.00000272. The zero-order chi connectivity index (χ0) is 21.0. The van der Waals surface area contributed by atoms with Crippen molar-refractivity contribution in [1.82, 2.24) is 20.0 Å². The van der Waals surface area contributed by atoms with Crippen LogP contribution >= 0.6 is 24.0 Å². The summed E-state index contributed by atoms with van der Waals surface area (Å²) in [5.41, 5.74) is 2.88. The van der Waals surface area contributed by atoms with E-state index in [2.05, 4.69) is 44.7 Å². The molecule has 31 heavy (non-hydrogen) atoms. The minimum absolute atomic E-state index is 0. The van der Waals surface area contributed by atoms with Gasteiger partial charge in [-0.05, 0) is 54.9 Å². The van der Waals surface area contributed by atoms with Crippen LogP contribution in [0.25, 0.3) is 0 Å². The van der Waals surface area contributed by atoms with Crippen molar-refractivity contribution in [2.75, 3.05) is 33.8 Å². The molecule has 0 spiro atoms. The Morgan fingerprint density at radius 3 is 2.81 bits per heavy atom. The molecule has 0 bridgehead atoms. The van der Waals surface area contributed by atoms with Gasteiger partial charge in [-0.3, -0.25) is 9.67 Å². The van der Waals surface area contributed by atoms with E-state index in [0.29, 0.717) is 5.92 Å². The number of hydrogen-bond acceptors (Lipinski definition) is 3. The molecule has 2 heterocycles. The van der Waals surface area contributed by atoms with Gasteiger partial charge in [0, 0.05) is 45.3 Å². The lowest BCUT2D eigenvalue weighted by atomic mass is 9.78. The molecule has 1 aliphatic heterocycles. The summed E-state index contributed by atoms with van der Waals surface area (Å²) in [7, 11) is 5.64. The molecule has 1 unspecified atom stereocenters. The van der Waals surface area contributed by atoms with Crippen molar-refractivity contribution < 1.29 is 4.74 Å². The lowest BCUT2D eigenvalue weighted by Crippen LogP contribution is -2.46. The highest BCUT2D eigenvalue weighted by Crippen LogP contribution is 2.41. The van der Waals surface area contributed by atoms with Crippen LogP contribution in [0.4, 0.5) is 0 Å². The highest BCUT2D eigenvalue weighted by molar-refractivity contribution is 14.0. The summed E-state index contributed by atoms with van der Waals surface area (Å²) in [6, 6.07) is 8.63. The first-order chi connectivity index (χ1) is 14.6. The van der Waals surface area contributed by atoms with Gasteiger partial charge in [0.15, 0.2) is 5.96 Å². The first kappa shape index (κ1) is 23.9. The Labute approximate surface area is 203 Å². The van der Waals surface area contributed by atoms with Crippen LogP contribution in [0.5, 0.6) is 5.75 Å². The van der Waals surface area contributed by atoms with Gasteiger partial charge in [-0.15, -0.1) is 24.0 Å². The molecule has 6 nitrogen and oxygen atoms in total. The van der Waals surface area contributed by atoms with Crippen LogP contribution in [-0.4, -0.2) is 54.4 Å². The summed E-state index contributed by atoms with van der Waals surface area (Å²) >= 11 is 0. The Hall–Kier alpha value is -1.77. The van der Waals surface area contributed by atoms with E-state index in [4.69, 9.17) is 4.74 Å². The minimum Gasteiger partial charge on any atom is -0.497 e. The molecule has 7 heteroatoms. The Kier molecular flexibility index (Phi) is 8.24. The minimum atomic E-state index is 0. The second kappa shape index (κ2) is 10.7. The summed E-state index contributed by atoms with van der Waals surface area (Å²) < 4.78 is 7.38. The van der Waals surface area contributed by atoms with E-state index >= 15 is 0 Å². The number of benzene rings is 1. The van der Waals surface area contributed by atoms with Crippen molar-refractivity contribution in [2.24, 2.45) is 18.0 Å². The average molecular weight is 537 g/mol. The maximum Gasteiger partial charge on any atom is 0.193 e. The van der Waals surface area contributed by atoms with Gasteiger partial charge in [0.05, 0.1) is 13.3 Å². The maximum absolute atomic E-state index is 5.49. The first-order valence-electron chi connectivity index (χ1n) is 11.2. The molecule has 170 valence electrons. The number of aromatic nitrogens is 2. The van der Waals surface area contributed by atoms with Crippen molar-refractivity contribution in [3.63, 3.8) is 0 Å². The third-order valence-corrected chi connectivity index (χ3v) is 6.91. The van der Waals surface area contributed by atoms with Crippen LogP contribution in [-0.2, 0) is 18.9 Å². The molecule has 1 saturated heterocycles. The van der Waals surface area contributed by atoms with Gasteiger partial charge in [-0.1, -0.05) is 25.0 Å². The van der Waals surface area contributed by atoms with Crippen molar-refractivity contribution in [3.8, 4) is 5.75 Å². The number of methoxy groups -OCH3 is 1. The van der Waals surface area contributed by atoms with E-state index < -0.39 is 0 Å². The highest BCUT2D eigenvalue weighted by Gasteiger charge is 2.36. The van der Waals surface area contributed by atoms with E-state index in [1.54, 1.807) is 7.11 Å². The van der Waals surface area contributed by atoms with Crippen LogP contribution in [0.3, 0.4) is 0 Å². The predicted octanol–water partition coefficient (Wildman–Crippen LogP) is 4.00. The number of aryl methyl sites for hydroxylation is 1. The van der Waals surface area contributed by atoms with Gasteiger partial charge in [-0.25, -0.2) is 0 Å². The Morgan fingerprint density at radius 1 is 1.32 bits per heavy atom. The van der Waals surface area contributed by atoms with E-state index in [9.17, 15) is 0 Å². The Bertz CT molecular complexity index is 874. The maximum atomic E-state index is 5.49. The second-order valence-corrected chi connectivity index (χ2v) is 8.95. The van der Waals surface area contributed by atoms with Crippen LogP contribution in [0, 0.1) is 5.92 Å². The van der Waals surface area contributed by atoms with Crippen LogP contribution in [0.2, 0.25) is 0 Å². The number of ether oxygens (including phenoxy) is 1. The Morgan fingerprint density at radius 2 is 2.13 bits per heavy atom. The van der Waals surface area contributed by atoms with Crippen LogP contribution in [0.15, 0.2) is 41.7 Å². The number of nitrogens with zero attached hydrogens (tertiary/aromatic N) is 4. The van der Waals surface area contributed by atoms with Crippen LogP contribution < -0.4 is 10.1 Å². The number of aliphatic imine (C=N–C) groups is 1. The fourth-order valence-electron chi connectivity index (χ4n) is 5.26. The molecule has 2 fully saturated rings. The molecule has 1 saturated carbocycles. The van der Waals surface area contributed by atoms with E-state index in [-0.39, 0.29) is 29.4 Å². The third kappa shape index (κ3) is 5.54. The number of halogens is 1. The molecule has 4 rings (SSSR count). The zero-order valence-corrected chi connectivity index (χ0v) is 21.3. The number of hydrogen-bond donors (Lipinski definition) is 1. The van der Waals surface area contributed by atoms with E-state index in [1.807, 2.05) is 31.0 Å². The largest absolute Gasteiger partial charge is 0.497 e. The number of guanidine groups is 1. The van der Waals surface area contributed by atoms with Gasteiger partial charge < -0.3 is 15.0 Å². The molecule has 0 radical (unpaired) electrons. The molecule has 1 aromatic heterocycles. The highest BCUT2D eigenvalue weighted by atomic mass is 127. The van der Waals surface area contributed by atoms with E-state index in [0.717, 1.165) is 37.8 Å². The van der Waals surface area contributed by atoms with Gasteiger partial charge in [0.1, 0.15) is 5.75 Å². The number of rotatable bonds is 6. The third-order valence-electron chi connectivity index (χ3n) is 6.91. The van der Waals surface area contributed by atoms with Crippen LogP contribution in [0.1, 0.15) is 43.2 Å². The first-order valence-corrected chi connectivity index (χ1v) is 11.2. The standard InChI is InChI=1S/C24H35N5O.HI/c1-25-23(29-12-9-19(17-29)13-20-15-27-28(2)16-20)26-18-24(10-4-5-11-24)21-7-6-8-22(14-21)30-3;/h6-8,14-16,19H,4-5,9-13,17-18H2,1-3H3,(H,25,26);1H. The molecule has 1 aliphatic carbocycles. The van der Waals surface area contributed by atoms with Gasteiger partial charge >= 0.3 is 0 Å². The summed E-state index contributed by atoms with van der Waals surface area (Å²) in [4.78, 5) is 7.05. The zero-order valence-electron chi connectivity index (χ0n) is 19.0. The smallest absolute Gasteiger partial charge is 0.193 e. The average Bonchev–Trinajstić information content (AvgIpc) is 3.51. The molecule has 1 atom stereocenters. The van der Waals surface area contributed by atoms with Crippen molar-refractivity contribution >= 4 is 29.9 Å². The topological polar surface area (TPSA) is 54.7 Å². The van der Waals surface area contributed by atoms with Crippen molar-refractivity contribution in [2.45, 2.75) is 43.9 Å².